The molecule has 0 radical (unpaired) electrons. The van der Waals surface area contributed by atoms with E-state index in [1.54, 1.807) is 5.56 Å². The molecule has 4 saturated carbocycles. The Kier molecular flexibility index (Phi) is 4.56. The zero-order valence-electron chi connectivity index (χ0n) is 18.4. The van der Waals surface area contributed by atoms with Gasteiger partial charge < -0.3 is 10.6 Å². The van der Waals surface area contributed by atoms with E-state index in [2.05, 4.69) is 90.4 Å². The van der Waals surface area contributed by atoms with E-state index >= 15 is 0 Å². The molecular weight excluding hydrogens is 376 g/mol. The summed E-state index contributed by atoms with van der Waals surface area (Å²) in [5.74, 6) is 2.99. The van der Waals surface area contributed by atoms with Crippen molar-refractivity contribution in [3.63, 3.8) is 0 Å². The van der Waals surface area contributed by atoms with Gasteiger partial charge in [0.25, 0.3) is 0 Å². The van der Waals surface area contributed by atoms with Crippen molar-refractivity contribution in [1.29, 1.82) is 0 Å². The quantitative estimate of drug-likeness (QED) is 0.447. The van der Waals surface area contributed by atoms with Crippen LogP contribution in [0.15, 0.2) is 72.8 Å². The SMILES string of the molecule is Cc1ccccc1Nc1ccc(Nc2ccc(C34CC5CC(CC(C5)C3)C4)cc2)cc1. The highest BCUT2D eigenvalue weighted by Crippen LogP contribution is 2.60. The van der Waals surface area contributed by atoms with Gasteiger partial charge in [0.2, 0.25) is 0 Å². The Balaban J connectivity index is 1.14. The summed E-state index contributed by atoms with van der Waals surface area (Å²) in [7, 11) is 0. The fourth-order valence-corrected chi connectivity index (χ4v) is 7.04. The minimum atomic E-state index is 0.482. The molecule has 4 aliphatic rings. The number of nitrogens with one attached hydrogen (secondary N) is 2. The van der Waals surface area contributed by atoms with Crippen LogP contribution in [0.25, 0.3) is 0 Å². The van der Waals surface area contributed by atoms with Crippen molar-refractivity contribution in [3.8, 4) is 0 Å². The number of aryl methyl sites for hydroxylation is 1. The van der Waals surface area contributed by atoms with Gasteiger partial charge in [0.05, 0.1) is 0 Å². The Labute approximate surface area is 186 Å². The molecule has 0 aromatic heterocycles. The van der Waals surface area contributed by atoms with E-state index in [0.29, 0.717) is 5.41 Å². The molecule has 3 aromatic carbocycles. The third-order valence-corrected chi connectivity index (χ3v) is 8.13. The van der Waals surface area contributed by atoms with Crippen LogP contribution in [0.4, 0.5) is 22.7 Å². The number of para-hydroxylation sites is 1. The second-order valence-electron chi connectivity index (χ2n) is 10.4. The lowest BCUT2D eigenvalue weighted by Crippen LogP contribution is -2.48. The first-order chi connectivity index (χ1) is 15.1. The van der Waals surface area contributed by atoms with E-state index in [4.69, 9.17) is 0 Å². The number of rotatable bonds is 5. The molecular formula is C29H32N2. The molecule has 0 saturated heterocycles. The molecule has 0 amide bonds. The first-order valence-electron chi connectivity index (χ1n) is 12.0. The van der Waals surface area contributed by atoms with Crippen molar-refractivity contribution in [2.24, 2.45) is 17.8 Å². The van der Waals surface area contributed by atoms with Crippen molar-refractivity contribution in [2.45, 2.75) is 50.9 Å². The van der Waals surface area contributed by atoms with Crippen molar-refractivity contribution in [2.75, 3.05) is 10.6 Å². The molecule has 7 rings (SSSR count). The summed E-state index contributed by atoms with van der Waals surface area (Å²) in [6.45, 7) is 2.13. The van der Waals surface area contributed by atoms with Gasteiger partial charge in [-0.2, -0.15) is 0 Å². The van der Waals surface area contributed by atoms with Gasteiger partial charge in [-0.15, -0.1) is 0 Å². The second kappa shape index (κ2) is 7.44. The molecule has 0 heterocycles. The average Bonchev–Trinajstić information content (AvgIpc) is 2.76. The summed E-state index contributed by atoms with van der Waals surface area (Å²) >= 11 is 0. The monoisotopic (exact) mass is 408 g/mol. The third-order valence-electron chi connectivity index (χ3n) is 8.13. The van der Waals surface area contributed by atoms with E-state index < -0.39 is 0 Å². The Morgan fingerprint density at radius 2 is 1.10 bits per heavy atom. The van der Waals surface area contributed by atoms with Gasteiger partial charge in [0, 0.05) is 22.7 Å². The highest BCUT2D eigenvalue weighted by molar-refractivity contribution is 5.67. The largest absolute Gasteiger partial charge is 0.356 e. The van der Waals surface area contributed by atoms with Crippen LogP contribution in [-0.4, -0.2) is 0 Å². The summed E-state index contributed by atoms with van der Waals surface area (Å²) in [4.78, 5) is 0. The summed E-state index contributed by atoms with van der Waals surface area (Å²) < 4.78 is 0. The molecule has 0 atom stereocenters. The Bertz CT molecular complexity index is 1030. The molecule has 2 heteroatoms. The topological polar surface area (TPSA) is 24.1 Å². The Hall–Kier alpha value is -2.74. The molecule has 4 bridgehead atoms. The molecule has 4 fully saturated rings. The summed E-state index contributed by atoms with van der Waals surface area (Å²) in [5.41, 5.74) is 7.89. The molecule has 2 N–H and O–H groups in total. The highest BCUT2D eigenvalue weighted by Gasteiger charge is 2.51. The predicted molar refractivity (Wildman–Crippen MR) is 130 cm³/mol. The van der Waals surface area contributed by atoms with Gasteiger partial charge >= 0.3 is 0 Å². The Morgan fingerprint density at radius 3 is 1.65 bits per heavy atom. The molecule has 31 heavy (non-hydrogen) atoms. The molecule has 4 aliphatic carbocycles. The minimum absolute atomic E-state index is 0.482. The molecule has 158 valence electrons. The smallest absolute Gasteiger partial charge is 0.0413 e. The normalized spacial score (nSPS) is 28.5. The molecule has 0 unspecified atom stereocenters. The van der Waals surface area contributed by atoms with Gasteiger partial charge in [-0.3, -0.25) is 0 Å². The first kappa shape index (κ1) is 19.0. The van der Waals surface area contributed by atoms with Crippen molar-refractivity contribution < 1.29 is 0 Å². The van der Waals surface area contributed by atoms with E-state index in [-0.39, 0.29) is 0 Å². The highest BCUT2D eigenvalue weighted by atomic mass is 14.9. The maximum absolute atomic E-state index is 3.58. The zero-order valence-corrected chi connectivity index (χ0v) is 18.4. The number of hydrogen-bond donors (Lipinski definition) is 2. The van der Waals surface area contributed by atoms with Crippen LogP contribution >= 0.6 is 0 Å². The van der Waals surface area contributed by atoms with Crippen LogP contribution in [-0.2, 0) is 5.41 Å². The first-order valence-corrected chi connectivity index (χ1v) is 12.0. The Morgan fingerprint density at radius 1 is 0.613 bits per heavy atom. The molecule has 0 aliphatic heterocycles. The van der Waals surface area contributed by atoms with Gasteiger partial charge in [-0.1, -0.05) is 30.3 Å². The molecule has 2 nitrogen and oxygen atoms in total. The summed E-state index contributed by atoms with van der Waals surface area (Å²) in [6, 6.07) is 26.3. The fraction of sp³-hybridized carbons (Fsp3) is 0.379. The van der Waals surface area contributed by atoms with Gasteiger partial charge in [-0.05, 0) is 122 Å². The summed E-state index contributed by atoms with van der Waals surface area (Å²) in [6.07, 6.45) is 8.82. The lowest BCUT2D eigenvalue weighted by molar-refractivity contribution is -0.00518. The van der Waals surface area contributed by atoms with E-state index in [0.717, 1.165) is 34.8 Å². The molecule has 3 aromatic rings. The summed E-state index contributed by atoms with van der Waals surface area (Å²) in [5, 5.41) is 7.09. The van der Waals surface area contributed by atoms with Crippen molar-refractivity contribution in [3.05, 3.63) is 83.9 Å². The van der Waals surface area contributed by atoms with Crippen molar-refractivity contribution in [1.82, 2.24) is 0 Å². The van der Waals surface area contributed by atoms with Gasteiger partial charge in [0.15, 0.2) is 0 Å². The van der Waals surface area contributed by atoms with Crippen LogP contribution in [0, 0.1) is 24.7 Å². The maximum atomic E-state index is 3.58. The van der Waals surface area contributed by atoms with Crippen LogP contribution in [0.2, 0.25) is 0 Å². The predicted octanol–water partition coefficient (Wildman–Crippen LogP) is 7.95. The van der Waals surface area contributed by atoms with E-state index in [1.165, 1.54) is 49.8 Å². The fourth-order valence-electron chi connectivity index (χ4n) is 7.04. The second-order valence-corrected chi connectivity index (χ2v) is 10.4. The van der Waals surface area contributed by atoms with E-state index in [1.807, 2.05) is 0 Å². The number of benzene rings is 3. The maximum Gasteiger partial charge on any atom is 0.0413 e. The number of anilines is 4. The van der Waals surface area contributed by atoms with Crippen LogP contribution < -0.4 is 10.6 Å². The van der Waals surface area contributed by atoms with E-state index in [9.17, 15) is 0 Å². The van der Waals surface area contributed by atoms with Gasteiger partial charge in [0.1, 0.15) is 0 Å². The lowest BCUT2D eigenvalue weighted by Gasteiger charge is -2.57. The standard InChI is InChI=1S/C29H32N2/c1-20-4-2-3-5-28(20)31-27-12-10-26(11-13-27)30-25-8-6-24(7-9-25)29-17-21-14-22(18-29)16-23(15-21)19-29/h2-13,21-23,30-31H,14-19H2,1H3. The third kappa shape index (κ3) is 3.63. The minimum Gasteiger partial charge on any atom is -0.356 e. The van der Waals surface area contributed by atoms with Crippen LogP contribution in [0.3, 0.4) is 0 Å². The number of hydrogen-bond acceptors (Lipinski definition) is 2. The lowest BCUT2D eigenvalue weighted by atomic mass is 9.48. The molecule has 0 spiro atoms. The average molecular weight is 409 g/mol. The van der Waals surface area contributed by atoms with Crippen molar-refractivity contribution >= 4 is 22.7 Å². The van der Waals surface area contributed by atoms with Crippen LogP contribution in [0.1, 0.15) is 49.7 Å². The van der Waals surface area contributed by atoms with Crippen LogP contribution in [0.5, 0.6) is 0 Å². The van der Waals surface area contributed by atoms with Gasteiger partial charge in [-0.25, -0.2) is 0 Å². The zero-order chi connectivity index (χ0) is 20.8.